The van der Waals surface area contributed by atoms with Crippen molar-refractivity contribution in [2.75, 3.05) is 20.1 Å². The number of carbonyl (C=O) groups excluding carboxylic acids is 1. The number of hydrogen-bond donors (Lipinski definition) is 1. The summed E-state index contributed by atoms with van der Waals surface area (Å²) in [7, 11) is 2.12. The van der Waals surface area contributed by atoms with Gasteiger partial charge in [0.25, 0.3) is 0 Å². The van der Waals surface area contributed by atoms with Gasteiger partial charge in [0.2, 0.25) is 0 Å². The number of fused-ring (bicyclic) bond motifs is 1. The highest BCUT2D eigenvalue weighted by Gasteiger charge is 2.20. The van der Waals surface area contributed by atoms with Crippen LogP contribution in [0.5, 0.6) is 0 Å². The number of H-pyrrole nitrogens is 1. The van der Waals surface area contributed by atoms with Crippen LogP contribution in [0.2, 0.25) is 0 Å². The van der Waals surface area contributed by atoms with Gasteiger partial charge in [0, 0.05) is 23.6 Å². The average Bonchev–Trinajstić information content (AvgIpc) is 2.96. The first kappa shape index (κ1) is 20.2. The van der Waals surface area contributed by atoms with Crippen molar-refractivity contribution in [3.63, 3.8) is 0 Å². The van der Waals surface area contributed by atoms with Crippen LogP contribution in [-0.4, -0.2) is 41.6 Å². The number of aromatic amines is 1. The first-order valence-corrected chi connectivity index (χ1v) is 9.43. The molecular weight excluding hydrogens is 324 g/mol. The molecule has 0 unspecified atom stereocenters. The fourth-order valence-corrected chi connectivity index (χ4v) is 3.02. The molecule has 1 aromatic heterocycles. The van der Waals surface area contributed by atoms with Crippen molar-refractivity contribution in [1.82, 2.24) is 9.88 Å². The molecule has 0 amide bonds. The SMILES string of the molecule is C=CCN(C)CCCCCc1ccc2[nH]cc(C(=O)OC(C)(C)C)c2c1. The minimum Gasteiger partial charge on any atom is -0.456 e. The Bertz CT molecular complexity index is 740. The quantitative estimate of drug-likeness (QED) is 0.393. The van der Waals surface area contributed by atoms with Gasteiger partial charge in [-0.2, -0.15) is 0 Å². The van der Waals surface area contributed by atoms with Gasteiger partial charge in [0.05, 0.1) is 5.56 Å². The summed E-state index contributed by atoms with van der Waals surface area (Å²) in [5.41, 5.74) is 2.36. The van der Waals surface area contributed by atoms with E-state index in [0.29, 0.717) is 5.56 Å². The molecule has 1 aromatic carbocycles. The van der Waals surface area contributed by atoms with E-state index >= 15 is 0 Å². The molecule has 4 nitrogen and oxygen atoms in total. The second kappa shape index (κ2) is 9.04. The van der Waals surface area contributed by atoms with E-state index < -0.39 is 5.60 Å². The van der Waals surface area contributed by atoms with Crippen molar-refractivity contribution < 1.29 is 9.53 Å². The Morgan fingerprint density at radius 1 is 1.27 bits per heavy atom. The van der Waals surface area contributed by atoms with Gasteiger partial charge >= 0.3 is 5.97 Å². The van der Waals surface area contributed by atoms with E-state index in [1.165, 1.54) is 18.4 Å². The molecule has 0 fully saturated rings. The zero-order chi connectivity index (χ0) is 19.2. The molecule has 2 aromatic rings. The molecule has 0 saturated carbocycles. The molecule has 2 rings (SSSR count). The van der Waals surface area contributed by atoms with E-state index in [2.05, 4.69) is 41.7 Å². The number of nitrogens with one attached hydrogen (secondary N) is 1. The molecule has 26 heavy (non-hydrogen) atoms. The van der Waals surface area contributed by atoms with Crippen molar-refractivity contribution in [1.29, 1.82) is 0 Å². The lowest BCUT2D eigenvalue weighted by Gasteiger charge is -2.19. The maximum atomic E-state index is 12.4. The molecule has 0 spiro atoms. The molecule has 1 N–H and O–H groups in total. The molecule has 0 aliphatic carbocycles. The fourth-order valence-electron chi connectivity index (χ4n) is 3.02. The number of aromatic nitrogens is 1. The van der Waals surface area contributed by atoms with Crippen molar-refractivity contribution in [3.05, 3.63) is 48.2 Å². The van der Waals surface area contributed by atoms with Crippen LogP contribution in [0.4, 0.5) is 0 Å². The van der Waals surface area contributed by atoms with Gasteiger partial charge in [-0.05, 0) is 71.3 Å². The predicted octanol–water partition coefficient (Wildman–Crippen LogP) is 4.95. The summed E-state index contributed by atoms with van der Waals surface area (Å²) in [4.78, 5) is 17.9. The topological polar surface area (TPSA) is 45.3 Å². The smallest absolute Gasteiger partial charge is 0.340 e. The molecule has 0 saturated heterocycles. The number of unbranched alkanes of at least 4 members (excludes halogenated alkanes) is 2. The number of aryl methyl sites for hydroxylation is 1. The van der Waals surface area contributed by atoms with Crippen LogP contribution in [0.25, 0.3) is 10.9 Å². The first-order chi connectivity index (χ1) is 12.3. The molecule has 0 atom stereocenters. The van der Waals surface area contributed by atoms with E-state index in [1.54, 1.807) is 6.20 Å². The second-order valence-corrected chi connectivity index (χ2v) is 7.95. The monoisotopic (exact) mass is 356 g/mol. The van der Waals surface area contributed by atoms with Crippen LogP contribution in [0.1, 0.15) is 56.0 Å². The highest BCUT2D eigenvalue weighted by Crippen LogP contribution is 2.23. The van der Waals surface area contributed by atoms with Crippen LogP contribution < -0.4 is 0 Å². The molecule has 1 heterocycles. The summed E-state index contributed by atoms with van der Waals surface area (Å²) in [6.07, 6.45) is 8.26. The third kappa shape index (κ3) is 6.03. The minimum atomic E-state index is -0.489. The maximum absolute atomic E-state index is 12.4. The third-order valence-corrected chi connectivity index (χ3v) is 4.31. The van der Waals surface area contributed by atoms with Crippen molar-refractivity contribution in [2.45, 2.75) is 52.1 Å². The lowest BCUT2D eigenvalue weighted by Crippen LogP contribution is -2.23. The van der Waals surface area contributed by atoms with Crippen LogP contribution in [0.3, 0.4) is 0 Å². The molecule has 0 aliphatic heterocycles. The first-order valence-electron chi connectivity index (χ1n) is 9.43. The van der Waals surface area contributed by atoms with Crippen LogP contribution in [-0.2, 0) is 11.2 Å². The number of hydrogen-bond acceptors (Lipinski definition) is 3. The van der Waals surface area contributed by atoms with Crippen molar-refractivity contribution in [2.24, 2.45) is 0 Å². The van der Waals surface area contributed by atoms with E-state index in [4.69, 9.17) is 4.74 Å². The largest absolute Gasteiger partial charge is 0.456 e. The average molecular weight is 357 g/mol. The number of likely N-dealkylation sites (N-methyl/N-ethyl adjacent to an activating group) is 1. The predicted molar refractivity (Wildman–Crippen MR) is 109 cm³/mol. The maximum Gasteiger partial charge on any atom is 0.340 e. The summed E-state index contributed by atoms with van der Waals surface area (Å²) >= 11 is 0. The Morgan fingerprint density at radius 2 is 2.04 bits per heavy atom. The number of nitrogens with zero attached hydrogens (tertiary/aromatic N) is 1. The van der Waals surface area contributed by atoms with Crippen LogP contribution >= 0.6 is 0 Å². The summed E-state index contributed by atoms with van der Waals surface area (Å²) in [5, 5.41) is 0.947. The molecule has 0 aliphatic rings. The minimum absolute atomic E-state index is 0.272. The number of benzene rings is 1. The van der Waals surface area contributed by atoms with Crippen molar-refractivity contribution >= 4 is 16.9 Å². The Labute approximate surface area is 157 Å². The van der Waals surface area contributed by atoms with E-state index in [9.17, 15) is 4.79 Å². The van der Waals surface area contributed by atoms with E-state index in [0.717, 1.165) is 36.8 Å². The fraction of sp³-hybridized carbons (Fsp3) is 0.500. The summed E-state index contributed by atoms with van der Waals surface area (Å²) in [6, 6.07) is 6.31. The Morgan fingerprint density at radius 3 is 2.73 bits per heavy atom. The lowest BCUT2D eigenvalue weighted by molar-refractivity contribution is 0.00719. The van der Waals surface area contributed by atoms with E-state index in [1.807, 2.05) is 26.8 Å². The standard InChI is InChI=1S/C22H32N2O2/c1-6-13-24(5)14-9-7-8-10-17-11-12-20-18(15-17)19(16-23-20)21(25)26-22(2,3)4/h6,11-12,15-16,23H,1,7-10,13-14H2,2-5H3. The van der Waals surface area contributed by atoms with Gasteiger partial charge in [-0.25, -0.2) is 4.79 Å². The molecule has 4 heteroatoms. The highest BCUT2D eigenvalue weighted by molar-refractivity contribution is 6.04. The number of carbonyl (C=O) groups is 1. The Balaban J connectivity index is 1.94. The summed E-state index contributed by atoms with van der Waals surface area (Å²) < 4.78 is 5.51. The molecular formula is C22H32N2O2. The van der Waals surface area contributed by atoms with Crippen LogP contribution in [0.15, 0.2) is 37.1 Å². The Hall–Kier alpha value is -2.07. The van der Waals surface area contributed by atoms with Crippen LogP contribution in [0, 0.1) is 0 Å². The summed E-state index contributed by atoms with van der Waals surface area (Å²) in [6.45, 7) is 11.5. The number of esters is 1. The van der Waals surface area contributed by atoms with Gasteiger partial charge < -0.3 is 14.6 Å². The van der Waals surface area contributed by atoms with E-state index in [-0.39, 0.29) is 5.97 Å². The van der Waals surface area contributed by atoms with Gasteiger partial charge in [-0.15, -0.1) is 6.58 Å². The zero-order valence-electron chi connectivity index (χ0n) is 16.6. The molecule has 0 bridgehead atoms. The third-order valence-electron chi connectivity index (χ3n) is 4.31. The van der Waals surface area contributed by atoms with Gasteiger partial charge in [0.1, 0.15) is 5.60 Å². The highest BCUT2D eigenvalue weighted by atomic mass is 16.6. The van der Waals surface area contributed by atoms with Gasteiger partial charge in [-0.3, -0.25) is 0 Å². The molecule has 142 valence electrons. The molecule has 0 radical (unpaired) electrons. The number of rotatable bonds is 9. The Kier molecular flexibility index (Phi) is 7.04. The normalized spacial score (nSPS) is 11.9. The summed E-state index contributed by atoms with van der Waals surface area (Å²) in [5.74, 6) is -0.272. The zero-order valence-corrected chi connectivity index (χ0v) is 16.6. The lowest BCUT2D eigenvalue weighted by atomic mass is 10.0. The van der Waals surface area contributed by atoms with Crippen molar-refractivity contribution in [3.8, 4) is 0 Å². The van der Waals surface area contributed by atoms with Gasteiger partial charge in [-0.1, -0.05) is 18.6 Å². The van der Waals surface area contributed by atoms with Gasteiger partial charge in [0.15, 0.2) is 0 Å². The second-order valence-electron chi connectivity index (χ2n) is 7.95. The number of ether oxygens (including phenoxy) is 1.